The van der Waals surface area contributed by atoms with Crippen molar-refractivity contribution in [3.8, 4) is 6.07 Å². The maximum atomic E-state index is 13.1. The largest absolute Gasteiger partial charge is 0.330 e. The van der Waals surface area contributed by atoms with Gasteiger partial charge in [-0.1, -0.05) is 42.5 Å². The van der Waals surface area contributed by atoms with E-state index in [0.29, 0.717) is 11.3 Å². The summed E-state index contributed by atoms with van der Waals surface area (Å²) < 4.78 is 0. The molecule has 1 aliphatic heterocycles. The molecule has 0 aliphatic carbocycles. The zero-order chi connectivity index (χ0) is 19.3. The normalized spacial score (nSPS) is 15.7. The number of nitrogens with zero attached hydrogens (tertiary/aromatic N) is 2. The van der Waals surface area contributed by atoms with E-state index in [9.17, 15) is 4.79 Å². The molecule has 3 aromatic rings. The van der Waals surface area contributed by atoms with Crippen LogP contribution in [0, 0.1) is 11.3 Å². The number of carbonyl (C=O) groups is 1. The number of rotatable bonds is 5. The van der Waals surface area contributed by atoms with Gasteiger partial charge in [0.15, 0.2) is 0 Å². The van der Waals surface area contributed by atoms with Crippen molar-refractivity contribution in [1.29, 1.82) is 5.26 Å². The number of nitriles is 1. The Balaban J connectivity index is 1.46. The minimum atomic E-state index is 0.0132. The van der Waals surface area contributed by atoms with E-state index in [1.54, 1.807) is 23.1 Å². The molecule has 0 spiro atoms. The summed E-state index contributed by atoms with van der Waals surface area (Å²) in [6.07, 6.45) is 0.933. The van der Waals surface area contributed by atoms with Crippen LogP contribution in [-0.4, -0.2) is 23.1 Å². The lowest BCUT2D eigenvalue weighted by Gasteiger charge is -2.36. The van der Waals surface area contributed by atoms with Gasteiger partial charge in [0, 0.05) is 17.2 Å². The van der Waals surface area contributed by atoms with Crippen molar-refractivity contribution in [3.05, 3.63) is 93.2 Å². The third-order valence-electron chi connectivity index (χ3n) is 4.98. The van der Waals surface area contributed by atoms with E-state index in [-0.39, 0.29) is 11.9 Å². The van der Waals surface area contributed by atoms with Crippen molar-refractivity contribution < 1.29 is 4.79 Å². The fraction of sp³-hybridized carbons (Fsp3) is 0.217. The second kappa shape index (κ2) is 8.64. The maximum Gasteiger partial charge on any atom is 0.233 e. The van der Waals surface area contributed by atoms with Crippen LogP contribution in [0.3, 0.4) is 0 Å². The molecule has 5 heteroatoms. The van der Waals surface area contributed by atoms with Crippen molar-refractivity contribution in [2.75, 3.05) is 12.3 Å². The van der Waals surface area contributed by atoms with Gasteiger partial charge in [0.2, 0.25) is 5.91 Å². The molecule has 2 aromatic carbocycles. The number of thiophene rings is 1. The first-order chi connectivity index (χ1) is 13.8. The molecule has 28 heavy (non-hydrogen) atoms. The fourth-order valence-electron chi connectivity index (χ4n) is 3.59. The topological polar surface area (TPSA) is 44.1 Å². The predicted octanol–water partition coefficient (Wildman–Crippen LogP) is 5.03. The average Bonchev–Trinajstić information content (AvgIpc) is 3.23. The van der Waals surface area contributed by atoms with Crippen LogP contribution in [0.2, 0.25) is 0 Å². The fourth-order valence-corrected chi connectivity index (χ4v) is 5.37. The van der Waals surface area contributed by atoms with Gasteiger partial charge in [-0.15, -0.1) is 23.1 Å². The Bertz CT molecular complexity index is 989. The zero-order valence-electron chi connectivity index (χ0n) is 15.4. The summed E-state index contributed by atoms with van der Waals surface area (Å²) in [5.74, 6) is 1.41. The lowest BCUT2D eigenvalue weighted by atomic mass is 9.93. The number of amides is 1. The quantitative estimate of drug-likeness (QED) is 0.599. The summed E-state index contributed by atoms with van der Waals surface area (Å²) in [7, 11) is 0. The van der Waals surface area contributed by atoms with E-state index in [2.05, 4.69) is 29.6 Å². The van der Waals surface area contributed by atoms with Crippen LogP contribution in [0.15, 0.2) is 66.0 Å². The summed E-state index contributed by atoms with van der Waals surface area (Å²) in [4.78, 5) is 16.5. The molecule has 4 rings (SSSR count). The van der Waals surface area contributed by atoms with Crippen LogP contribution >= 0.6 is 23.1 Å². The molecule has 1 amide bonds. The summed E-state index contributed by atoms with van der Waals surface area (Å²) in [6, 6.07) is 22.2. The van der Waals surface area contributed by atoms with Gasteiger partial charge in [-0.3, -0.25) is 4.79 Å². The summed E-state index contributed by atoms with van der Waals surface area (Å²) in [5, 5.41) is 11.0. The van der Waals surface area contributed by atoms with Crippen molar-refractivity contribution in [3.63, 3.8) is 0 Å². The van der Waals surface area contributed by atoms with Gasteiger partial charge in [0.25, 0.3) is 0 Å². The molecule has 0 bridgehead atoms. The molecule has 1 aliphatic rings. The monoisotopic (exact) mass is 404 g/mol. The summed E-state index contributed by atoms with van der Waals surface area (Å²) in [5.41, 5.74) is 4.24. The van der Waals surface area contributed by atoms with Crippen molar-refractivity contribution >= 4 is 29.0 Å². The van der Waals surface area contributed by atoms with Crippen LogP contribution in [0.25, 0.3) is 0 Å². The third-order valence-corrected chi connectivity index (χ3v) is 6.96. The van der Waals surface area contributed by atoms with Gasteiger partial charge in [0.1, 0.15) is 0 Å². The van der Waals surface area contributed by atoms with Gasteiger partial charge in [-0.2, -0.15) is 5.26 Å². The third kappa shape index (κ3) is 3.99. The Morgan fingerprint density at radius 1 is 1.14 bits per heavy atom. The highest BCUT2D eigenvalue weighted by Gasteiger charge is 2.32. The molecule has 140 valence electrons. The molecule has 1 aromatic heterocycles. The highest BCUT2D eigenvalue weighted by Crippen LogP contribution is 2.38. The Labute approximate surface area is 173 Å². The molecule has 2 heterocycles. The molecule has 0 N–H and O–H groups in total. The molecule has 0 radical (unpaired) electrons. The van der Waals surface area contributed by atoms with E-state index >= 15 is 0 Å². The molecular formula is C23H20N2OS2. The molecule has 0 saturated heterocycles. The number of fused-ring (bicyclic) bond motifs is 1. The lowest BCUT2D eigenvalue weighted by Crippen LogP contribution is -2.41. The summed E-state index contributed by atoms with van der Waals surface area (Å²) >= 11 is 3.42. The molecule has 0 fully saturated rings. The zero-order valence-corrected chi connectivity index (χ0v) is 17.0. The minimum Gasteiger partial charge on any atom is -0.330 e. The Morgan fingerprint density at radius 3 is 2.68 bits per heavy atom. The van der Waals surface area contributed by atoms with Crippen LogP contribution < -0.4 is 0 Å². The lowest BCUT2D eigenvalue weighted by molar-refractivity contribution is -0.130. The smallest absolute Gasteiger partial charge is 0.233 e. The maximum absolute atomic E-state index is 13.1. The van der Waals surface area contributed by atoms with Gasteiger partial charge < -0.3 is 4.90 Å². The van der Waals surface area contributed by atoms with Crippen LogP contribution in [0.4, 0.5) is 0 Å². The van der Waals surface area contributed by atoms with Crippen LogP contribution in [0.1, 0.15) is 33.2 Å². The second-order valence-corrected chi connectivity index (χ2v) is 8.74. The predicted molar refractivity (Wildman–Crippen MR) is 115 cm³/mol. The SMILES string of the molecule is N#Cc1ccc(CSCC(=O)N2CCc3sccc3C2c2ccccc2)cc1. The van der Waals surface area contributed by atoms with E-state index in [1.807, 2.05) is 47.4 Å². The number of carbonyl (C=O) groups excluding carboxylic acids is 1. The molecule has 3 nitrogen and oxygen atoms in total. The summed E-state index contributed by atoms with van der Waals surface area (Å²) in [6.45, 7) is 0.767. The highest BCUT2D eigenvalue weighted by atomic mass is 32.2. The highest BCUT2D eigenvalue weighted by molar-refractivity contribution is 7.99. The van der Waals surface area contributed by atoms with Crippen molar-refractivity contribution in [2.24, 2.45) is 0 Å². The minimum absolute atomic E-state index is 0.0132. The Kier molecular flexibility index (Phi) is 5.80. The van der Waals surface area contributed by atoms with E-state index in [0.717, 1.165) is 24.3 Å². The molecule has 1 unspecified atom stereocenters. The van der Waals surface area contributed by atoms with Gasteiger partial charge in [0.05, 0.1) is 23.4 Å². The number of hydrogen-bond donors (Lipinski definition) is 0. The molecule has 1 atom stereocenters. The number of thioether (sulfide) groups is 1. The van der Waals surface area contributed by atoms with Crippen LogP contribution in [0.5, 0.6) is 0 Å². The first-order valence-electron chi connectivity index (χ1n) is 9.24. The van der Waals surface area contributed by atoms with E-state index in [4.69, 9.17) is 5.26 Å². The standard InChI is InChI=1S/C23H20N2OS2/c24-14-17-6-8-18(9-7-17)15-27-16-22(26)25-12-10-21-20(11-13-28-21)23(25)19-4-2-1-3-5-19/h1-9,11,13,23H,10,12,15-16H2. The molecule has 0 saturated carbocycles. The first-order valence-corrected chi connectivity index (χ1v) is 11.3. The van der Waals surface area contributed by atoms with E-state index < -0.39 is 0 Å². The van der Waals surface area contributed by atoms with E-state index in [1.165, 1.54) is 16.0 Å². The Hall–Kier alpha value is -2.55. The second-order valence-electron chi connectivity index (χ2n) is 6.75. The number of benzene rings is 2. The first kappa shape index (κ1) is 18.8. The van der Waals surface area contributed by atoms with Crippen molar-refractivity contribution in [1.82, 2.24) is 4.90 Å². The van der Waals surface area contributed by atoms with Gasteiger partial charge in [-0.25, -0.2) is 0 Å². The number of hydrogen-bond acceptors (Lipinski definition) is 4. The van der Waals surface area contributed by atoms with Crippen LogP contribution in [-0.2, 0) is 17.0 Å². The average molecular weight is 405 g/mol. The Morgan fingerprint density at radius 2 is 1.93 bits per heavy atom. The van der Waals surface area contributed by atoms with Crippen molar-refractivity contribution in [2.45, 2.75) is 18.2 Å². The molecular weight excluding hydrogens is 384 g/mol. The van der Waals surface area contributed by atoms with Gasteiger partial charge >= 0.3 is 0 Å². The van der Waals surface area contributed by atoms with Gasteiger partial charge in [-0.05, 0) is 46.7 Å².